The van der Waals surface area contributed by atoms with E-state index >= 15 is 0 Å². The van der Waals surface area contributed by atoms with Gasteiger partial charge in [0.05, 0.1) is 11.1 Å². The minimum Gasteiger partial charge on any atom is -0.351 e. The van der Waals surface area contributed by atoms with Gasteiger partial charge in [-0.25, -0.2) is 0 Å². The molecule has 112 valence electrons. The molecule has 0 spiro atoms. The van der Waals surface area contributed by atoms with Crippen LogP contribution in [0.1, 0.15) is 39.0 Å². The van der Waals surface area contributed by atoms with Crippen molar-refractivity contribution in [3.05, 3.63) is 39.3 Å². The van der Waals surface area contributed by atoms with Gasteiger partial charge in [0.1, 0.15) is 0 Å². The number of nitrogens with one attached hydrogen (secondary N) is 1. The van der Waals surface area contributed by atoms with E-state index in [0.29, 0.717) is 6.54 Å². The SMILES string of the molecule is C[C@H]1CCc2sc(C(=O)NCCc3cnn(C)c3)cc2C1. The van der Waals surface area contributed by atoms with Gasteiger partial charge in [0.15, 0.2) is 0 Å². The zero-order valence-electron chi connectivity index (χ0n) is 12.6. The quantitative estimate of drug-likeness (QED) is 0.943. The van der Waals surface area contributed by atoms with Crippen LogP contribution in [0.25, 0.3) is 0 Å². The number of carbonyl (C=O) groups excluding carboxylic acids is 1. The summed E-state index contributed by atoms with van der Waals surface area (Å²) in [5.41, 5.74) is 2.54. The zero-order valence-corrected chi connectivity index (χ0v) is 13.4. The number of nitrogens with zero attached hydrogens (tertiary/aromatic N) is 2. The van der Waals surface area contributed by atoms with Crippen LogP contribution in [0.4, 0.5) is 0 Å². The fourth-order valence-corrected chi connectivity index (χ4v) is 3.95. The number of aromatic nitrogens is 2. The van der Waals surface area contributed by atoms with Crippen molar-refractivity contribution in [1.82, 2.24) is 15.1 Å². The lowest BCUT2D eigenvalue weighted by Gasteiger charge is -2.16. The van der Waals surface area contributed by atoms with Crippen molar-refractivity contribution < 1.29 is 4.79 Å². The molecule has 21 heavy (non-hydrogen) atoms. The van der Waals surface area contributed by atoms with Crippen molar-refractivity contribution in [3.63, 3.8) is 0 Å². The van der Waals surface area contributed by atoms with E-state index in [2.05, 4.69) is 23.4 Å². The van der Waals surface area contributed by atoms with Crippen molar-refractivity contribution in [2.24, 2.45) is 13.0 Å². The fourth-order valence-electron chi connectivity index (χ4n) is 2.83. The molecule has 0 saturated heterocycles. The summed E-state index contributed by atoms with van der Waals surface area (Å²) in [7, 11) is 1.90. The van der Waals surface area contributed by atoms with E-state index in [0.717, 1.165) is 35.6 Å². The van der Waals surface area contributed by atoms with E-state index in [1.807, 2.05) is 19.4 Å². The van der Waals surface area contributed by atoms with Gasteiger partial charge in [0.25, 0.3) is 5.91 Å². The Morgan fingerprint density at radius 2 is 2.43 bits per heavy atom. The van der Waals surface area contributed by atoms with Crippen LogP contribution >= 0.6 is 11.3 Å². The van der Waals surface area contributed by atoms with Gasteiger partial charge in [0, 0.05) is 24.7 Å². The first-order valence-electron chi connectivity index (χ1n) is 7.49. The average molecular weight is 303 g/mol. The van der Waals surface area contributed by atoms with Crippen LogP contribution in [0.15, 0.2) is 18.5 Å². The van der Waals surface area contributed by atoms with Crippen molar-refractivity contribution in [2.75, 3.05) is 6.54 Å². The van der Waals surface area contributed by atoms with Gasteiger partial charge in [-0.15, -0.1) is 11.3 Å². The van der Waals surface area contributed by atoms with Gasteiger partial charge in [-0.05, 0) is 48.8 Å². The molecule has 4 nitrogen and oxygen atoms in total. The first-order valence-corrected chi connectivity index (χ1v) is 8.31. The second-order valence-corrected chi connectivity index (χ2v) is 7.07. The van der Waals surface area contributed by atoms with E-state index in [4.69, 9.17) is 0 Å². The highest BCUT2D eigenvalue weighted by Gasteiger charge is 2.20. The normalized spacial score (nSPS) is 17.5. The number of amides is 1. The number of fused-ring (bicyclic) bond motifs is 1. The third kappa shape index (κ3) is 3.35. The van der Waals surface area contributed by atoms with Crippen LogP contribution in [0.5, 0.6) is 0 Å². The number of rotatable bonds is 4. The molecule has 5 heteroatoms. The minimum absolute atomic E-state index is 0.0611. The lowest BCUT2D eigenvalue weighted by Crippen LogP contribution is -2.24. The number of hydrogen-bond acceptors (Lipinski definition) is 3. The molecule has 1 atom stereocenters. The lowest BCUT2D eigenvalue weighted by atomic mass is 9.90. The molecule has 0 saturated carbocycles. The number of carbonyl (C=O) groups is 1. The largest absolute Gasteiger partial charge is 0.351 e. The summed E-state index contributed by atoms with van der Waals surface area (Å²) in [6.07, 6.45) is 8.14. The fraction of sp³-hybridized carbons (Fsp3) is 0.500. The Morgan fingerprint density at radius 3 is 3.19 bits per heavy atom. The molecule has 3 rings (SSSR count). The summed E-state index contributed by atoms with van der Waals surface area (Å²) in [5, 5.41) is 7.14. The maximum absolute atomic E-state index is 12.2. The predicted molar refractivity (Wildman–Crippen MR) is 84.8 cm³/mol. The van der Waals surface area contributed by atoms with Gasteiger partial charge >= 0.3 is 0 Å². The van der Waals surface area contributed by atoms with E-state index in [1.54, 1.807) is 16.0 Å². The summed E-state index contributed by atoms with van der Waals surface area (Å²) < 4.78 is 1.78. The maximum atomic E-state index is 12.2. The van der Waals surface area contributed by atoms with Crippen molar-refractivity contribution in [2.45, 2.75) is 32.6 Å². The Balaban J connectivity index is 1.56. The molecule has 2 heterocycles. The molecule has 1 aliphatic rings. The third-order valence-electron chi connectivity index (χ3n) is 4.01. The Kier molecular flexibility index (Phi) is 4.10. The smallest absolute Gasteiger partial charge is 0.261 e. The highest BCUT2D eigenvalue weighted by Crippen LogP contribution is 2.32. The molecule has 1 N–H and O–H groups in total. The minimum atomic E-state index is 0.0611. The molecule has 1 aliphatic carbocycles. The second kappa shape index (κ2) is 6.02. The van der Waals surface area contributed by atoms with Crippen LogP contribution in [-0.4, -0.2) is 22.2 Å². The van der Waals surface area contributed by atoms with E-state index in [9.17, 15) is 4.79 Å². The van der Waals surface area contributed by atoms with Gasteiger partial charge in [0.2, 0.25) is 0 Å². The molecule has 0 unspecified atom stereocenters. The van der Waals surface area contributed by atoms with Crippen molar-refractivity contribution in [1.29, 1.82) is 0 Å². The highest BCUT2D eigenvalue weighted by atomic mass is 32.1. The number of thiophene rings is 1. The topological polar surface area (TPSA) is 46.9 Å². The second-order valence-electron chi connectivity index (χ2n) is 5.94. The lowest BCUT2D eigenvalue weighted by molar-refractivity contribution is 0.0958. The molecule has 0 radical (unpaired) electrons. The van der Waals surface area contributed by atoms with Gasteiger partial charge in [-0.1, -0.05) is 6.92 Å². The highest BCUT2D eigenvalue weighted by molar-refractivity contribution is 7.14. The van der Waals surface area contributed by atoms with Crippen LogP contribution in [0, 0.1) is 5.92 Å². The first kappa shape index (κ1) is 14.3. The maximum Gasteiger partial charge on any atom is 0.261 e. The Morgan fingerprint density at radius 1 is 1.57 bits per heavy atom. The summed E-state index contributed by atoms with van der Waals surface area (Å²) in [6, 6.07) is 2.09. The molecule has 1 amide bonds. The monoisotopic (exact) mass is 303 g/mol. The average Bonchev–Trinajstić information content (AvgIpc) is 3.04. The standard InChI is InChI=1S/C16H21N3OS/c1-11-3-4-14-13(7-11)8-15(21-14)16(20)17-6-5-12-9-18-19(2)10-12/h8-11H,3-7H2,1-2H3,(H,17,20)/t11-/m0/s1. The van der Waals surface area contributed by atoms with Gasteiger partial charge < -0.3 is 5.32 Å². The summed E-state index contributed by atoms with van der Waals surface area (Å²) in [5.74, 6) is 0.805. The molecule has 2 aromatic rings. The Bertz CT molecular complexity index is 644. The first-order chi connectivity index (χ1) is 10.1. The van der Waals surface area contributed by atoms with Crippen molar-refractivity contribution >= 4 is 17.2 Å². The molecule has 0 fully saturated rings. The Labute approximate surface area is 129 Å². The van der Waals surface area contributed by atoms with Gasteiger partial charge in [-0.3, -0.25) is 9.48 Å². The molecule has 2 aromatic heterocycles. The summed E-state index contributed by atoms with van der Waals surface area (Å²) in [6.45, 7) is 2.94. The predicted octanol–water partition coefficient (Wildman–Crippen LogP) is 2.58. The van der Waals surface area contributed by atoms with Crippen LogP contribution in [-0.2, 0) is 26.3 Å². The Hall–Kier alpha value is -1.62. The van der Waals surface area contributed by atoms with E-state index < -0.39 is 0 Å². The molecular weight excluding hydrogens is 282 g/mol. The third-order valence-corrected chi connectivity index (χ3v) is 5.25. The van der Waals surface area contributed by atoms with Crippen LogP contribution < -0.4 is 5.32 Å². The van der Waals surface area contributed by atoms with E-state index in [-0.39, 0.29) is 5.91 Å². The molecular formula is C16H21N3OS. The van der Waals surface area contributed by atoms with Crippen molar-refractivity contribution in [3.8, 4) is 0 Å². The molecule has 0 aliphatic heterocycles. The summed E-state index contributed by atoms with van der Waals surface area (Å²) >= 11 is 1.67. The zero-order chi connectivity index (χ0) is 14.8. The molecule has 0 bridgehead atoms. The summed E-state index contributed by atoms with van der Waals surface area (Å²) in [4.78, 5) is 14.5. The van der Waals surface area contributed by atoms with E-state index in [1.165, 1.54) is 16.9 Å². The number of hydrogen-bond donors (Lipinski definition) is 1. The molecule has 0 aromatic carbocycles. The van der Waals surface area contributed by atoms with Crippen LogP contribution in [0.2, 0.25) is 0 Å². The van der Waals surface area contributed by atoms with Crippen LogP contribution in [0.3, 0.4) is 0 Å². The van der Waals surface area contributed by atoms with Gasteiger partial charge in [-0.2, -0.15) is 5.10 Å². The number of aryl methyl sites for hydroxylation is 2.